The predicted molar refractivity (Wildman–Crippen MR) is 62.8 cm³/mol. The number of hydrogen-bond acceptors (Lipinski definition) is 2. The Labute approximate surface area is 117 Å². The van der Waals surface area contributed by atoms with Crippen LogP contribution in [0.3, 0.4) is 0 Å². The van der Waals surface area contributed by atoms with Crippen molar-refractivity contribution in [2.45, 2.75) is 18.9 Å². The maximum absolute atomic E-state index is 12.6. The third kappa shape index (κ3) is 4.88. The van der Waals surface area contributed by atoms with Gasteiger partial charge < -0.3 is 0 Å². The highest BCUT2D eigenvalue weighted by Gasteiger charge is 2.37. The SMILES string of the molecule is CN(Cc1cc(C(F)(F)F)cc(C(F)(F)F)c1)S(C)(=O)=O. The summed E-state index contributed by atoms with van der Waals surface area (Å²) in [6.07, 6.45) is -9.12. The molecule has 0 amide bonds. The molecule has 0 saturated carbocycles. The van der Waals surface area contributed by atoms with Crippen molar-refractivity contribution in [3.05, 3.63) is 34.9 Å². The lowest BCUT2D eigenvalue weighted by Gasteiger charge is -2.17. The van der Waals surface area contributed by atoms with E-state index in [1.165, 1.54) is 0 Å². The van der Waals surface area contributed by atoms with E-state index >= 15 is 0 Å². The summed E-state index contributed by atoms with van der Waals surface area (Å²) in [5.41, 5.74) is -3.35. The highest BCUT2D eigenvalue weighted by molar-refractivity contribution is 7.88. The highest BCUT2D eigenvalue weighted by atomic mass is 32.2. The minimum absolute atomic E-state index is 0.00997. The second-order valence-electron chi connectivity index (χ2n) is 4.43. The largest absolute Gasteiger partial charge is 0.416 e. The van der Waals surface area contributed by atoms with Gasteiger partial charge in [-0.1, -0.05) is 0 Å². The van der Waals surface area contributed by atoms with E-state index in [9.17, 15) is 34.8 Å². The van der Waals surface area contributed by atoms with Gasteiger partial charge in [0.1, 0.15) is 0 Å². The lowest BCUT2D eigenvalue weighted by Crippen LogP contribution is -2.25. The van der Waals surface area contributed by atoms with Crippen molar-refractivity contribution >= 4 is 10.0 Å². The van der Waals surface area contributed by atoms with E-state index in [-0.39, 0.29) is 6.07 Å². The average molecular weight is 335 g/mol. The standard InChI is InChI=1S/C11H11F6NO2S/c1-18(21(2,19)20)6-7-3-8(10(12,13)14)5-9(4-7)11(15,16)17/h3-5H,6H2,1-2H3. The first kappa shape index (κ1) is 17.8. The van der Waals surface area contributed by atoms with E-state index in [1.807, 2.05) is 0 Å². The Kier molecular flexibility index (Phi) is 4.64. The van der Waals surface area contributed by atoms with Crippen LogP contribution in [-0.4, -0.2) is 26.0 Å². The van der Waals surface area contributed by atoms with Crippen LogP contribution >= 0.6 is 0 Å². The Hall–Kier alpha value is -1.29. The third-order valence-electron chi connectivity index (χ3n) is 2.62. The van der Waals surface area contributed by atoms with Gasteiger partial charge in [-0.3, -0.25) is 0 Å². The zero-order valence-corrected chi connectivity index (χ0v) is 11.7. The van der Waals surface area contributed by atoms with Gasteiger partial charge in [0.25, 0.3) is 0 Å². The quantitative estimate of drug-likeness (QED) is 0.796. The van der Waals surface area contributed by atoms with E-state index in [2.05, 4.69) is 0 Å². The second-order valence-corrected chi connectivity index (χ2v) is 6.52. The number of sulfonamides is 1. The maximum Gasteiger partial charge on any atom is 0.416 e. The molecule has 1 aromatic carbocycles. The molecule has 0 radical (unpaired) electrons. The fraction of sp³-hybridized carbons (Fsp3) is 0.455. The fourth-order valence-corrected chi connectivity index (χ4v) is 1.87. The van der Waals surface area contributed by atoms with Crippen molar-refractivity contribution in [3.8, 4) is 0 Å². The smallest absolute Gasteiger partial charge is 0.213 e. The van der Waals surface area contributed by atoms with Crippen molar-refractivity contribution in [3.63, 3.8) is 0 Å². The summed E-state index contributed by atoms with van der Waals surface area (Å²) in [7, 11) is -2.67. The molecule has 0 bridgehead atoms. The maximum atomic E-state index is 12.6. The second kappa shape index (κ2) is 5.48. The molecule has 0 N–H and O–H groups in total. The van der Waals surface area contributed by atoms with Gasteiger partial charge in [0.2, 0.25) is 10.0 Å². The average Bonchev–Trinajstić information content (AvgIpc) is 2.24. The van der Waals surface area contributed by atoms with Gasteiger partial charge in [-0.15, -0.1) is 0 Å². The molecule has 21 heavy (non-hydrogen) atoms. The number of alkyl halides is 6. The summed E-state index contributed by atoms with van der Waals surface area (Å²) in [6.45, 7) is -0.591. The lowest BCUT2D eigenvalue weighted by atomic mass is 10.0. The van der Waals surface area contributed by atoms with Crippen LogP contribution in [0, 0.1) is 0 Å². The number of halogens is 6. The number of benzene rings is 1. The summed E-state index contributed by atoms with van der Waals surface area (Å²) < 4.78 is 98.7. The summed E-state index contributed by atoms with van der Waals surface area (Å²) in [5, 5.41) is 0. The van der Waals surface area contributed by atoms with Gasteiger partial charge in [-0.05, 0) is 23.8 Å². The molecule has 0 heterocycles. The Morgan fingerprint density at radius 2 is 1.33 bits per heavy atom. The Balaban J connectivity index is 3.33. The van der Waals surface area contributed by atoms with Crippen LogP contribution in [0.5, 0.6) is 0 Å². The van der Waals surface area contributed by atoms with Crippen molar-refractivity contribution in [2.75, 3.05) is 13.3 Å². The predicted octanol–water partition coefficient (Wildman–Crippen LogP) is 3.12. The molecule has 0 spiro atoms. The Morgan fingerprint density at radius 3 is 1.62 bits per heavy atom. The molecule has 0 unspecified atom stereocenters. The van der Waals surface area contributed by atoms with Crippen LogP contribution in [0.4, 0.5) is 26.3 Å². The summed E-state index contributed by atoms with van der Waals surface area (Å²) in [4.78, 5) is 0. The molecule has 1 rings (SSSR count). The van der Waals surface area contributed by atoms with Crippen molar-refractivity contribution in [1.29, 1.82) is 0 Å². The van der Waals surface area contributed by atoms with Crippen LogP contribution in [-0.2, 0) is 28.9 Å². The van der Waals surface area contributed by atoms with Gasteiger partial charge in [-0.2, -0.15) is 26.3 Å². The van der Waals surface area contributed by atoms with Gasteiger partial charge in [0.15, 0.2) is 0 Å². The molecule has 0 fully saturated rings. The van der Waals surface area contributed by atoms with Crippen LogP contribution in [0.2, 0.25) is 0 Å². The topological polar surface area (TPSA) is 37.4 Å². The molecular weight excluding hydrogens is 324 g/mol. The van der Waals surface area contributed by atoms with E-state index in [4.69, 9.17) is 0 Å². The van der Waals surface area contributed by atoms with E-state index in [0.717, 1.165) is 13.3 Å². The monoisotopic (exact) mass is 335 g/mol. The number of rotatable bonds is 3. The van der Waals surface area contributed by atoms with Crippen LogP contribution in [0.15, 0.2) is 18.2 Å². The molecule has 0 atom stereocenters. The normalized spacial score (nSPS) is 13.8. The fourth-order valence-electron chi connectivity index (χ4n) is 1.48. The third-order valence-corrected chi connectivity index (χ3v) is 3.88. The number of hydrogen-bond donors (Lipinski definition) is 0. The molecule has 0 aromatic heterocycles. The first-order chi connectivity index (χ1) is 9.21. The van der Waals surface area contributed by atoms with Crippen molar-refractivity contribution < 1.29 is 34.8 Å². The Bertz CT molecular complexity index is 588. The van der Waals surface area contributed by atoms with Gasteiger partial charge in [0.05, 0.1) is 17.4 Å². The van der Waals surface area contributed by atoms with Crippen molar-refractivity contribution in [2.24, 2.45) is 0 Å². The molecule has 0 saturated heterocycles. The van der Waals surface area contributed by atoms with Crippen LogP contribution in [0.25, 0.3) is 0 Å². The molecular formula is C11H11F6NO2S. The van der Waals surface area contributed by atoms with Crippen LogP contribution in [0.1, 0.15) is 16.7 Å². The van der Waals surface area contributed by atoms with Crippen molar-refractivity contribution in [1.82, 2.24) is 4.31 Å². The van der Waals surface area contributed by atoms with E-state index in [1.54, 1.807) is 0 Å². The van der Waals surface area contributed by atoms with Gasteiger partial charge in [-0.25, -0.2) is 12.7 Å². The molecule has 1 aromatic rings. The summed E-state index contributed by atoms with van der Waals surface area (Å²) in [6, 6.07) is 0.984. The zero-order chi connectivity index (χ0) is 16.6. The van der Waals surface area contributed by atoms with E-state index in [0.29, 0.717) is 16.4 Å². The Morgan fingerprint density at radius 1 is 0.952 bits per heavy atom. The molecule has 0 aliphatic heterocycles. The van der Waals surface area contributed by atoms with E-state index < -0.39 is 45.6 Å². The first-order valence-corrected chi connectivity index (χ1v) is 7.26. The molecule has 0 aliphatic rings. The van der Waals surface area contributed by atoms with Gasteiger partial charge >= 0.3 is 12.4 Å². The van der Waals surface area contributed by atoms with Gasteiger partial charge in [0, 0.05) is 13.6 Å². The molecule has 3 nitrogen and oxygen atoms in total. The minimum Gasteiger partial charge on any atom is -0.213 e. The zero-order valence-electron chi connectivity index (χ0n) is 10.9. The molecule has 0 aliphatic carbocycles. The minimum atomic E-state index is -4.96. The summed E-state index contributed by atoms with van der Waals surface area (Å²) in [5.74, 6) is 0. The molecule has 10 heteroatoms. The highest BCUT2D eigenvalue weighted by Crippen LogP contribution is 2.36. The lowest BCUT2D eigenvalue weighted by molar-refractivity contribution is -0.143. The van der Waals surface area contributed by atoms with Crippen LogP contribution < -0.4 is 0 Å². The molecule has 120 valence electrons. The summed E-state index contributed by atoms with van der Waals surface area (Å²) >= 11 is 0. The number of nitrogens with zero attached hydrogens (tertiary/aromatic N) is 1. The first-order valence-electron chi connectivity index (χ1n) is 5.41.